The van der Waals surface area contributed by atoms with Gasteiger partial charge in [-0.05, 0) is 29.8 Å². The van der Waals surface area contributed by atoms with E-state index >= 15 is 0 Å². The fraction of sp³-hybridized carbons (Fsp3) is 0.0714. The number of aromatic nitrogens is 3. The van der Waals surface area contributed by atoms with Crippen molar-refractivity contribution < 1.29 is 13.2 Å². The maximum Gasteiger partial charge on any atom is 0.421 e. The van der Waals surface area contributed by atoms with E-state index in [4.69, 9.17) is 11.6 Å². The molecule has 0 bridgehead atoms. The molecule has 8 heteroatoms. The summed E-state index contributed by atoms with van der Waals surface area (Å²) in [4.78, 5) is 11.2. The van der Waals surface area contributed by atoms with Crippen LogP contribution in [0.1, 0.15) is 5.56 Å². The van der Waals surface area contributed by atoms with Crippen LogP contribution < -0.4 is 5.32 Å². The number of halogens is 4. The molecule has 0 spiro atoms. The molecule has 2 heterocycles. The number of nitrogens with zero attached hydrogens (tertiary/aromatic N) is 3. The fourth-order valence-electron chi connectivity index (χ4n) is 1.92. The summed E-state index contributed by atoms with van der Waals surface area (Å²) in [7, 11) is 0. The first-order valence-electron chi connectivity index (χ1n) is 6.16. The zero-order valence-corrected chi connectivity index (χ0v) is 11.7. The van der Waals surface area contributed by atoms with E-state index in [1.807, 2.05) is 12.1 Å². The van der Waals surface area contributed by atoms with Crippen molar-refractivity contribution in [3.63, 3.8) is 0 Å². The molecule has 0 aliphatic carbocycles. The molecule has 0 atom stereocenters. The van der Waals surface area contributed by atoms with Crippen LogP contribution in [0.25, 0.3) is 10.9 Å². The average Bonchev–Trinajstić information content (AvgIpc) is 2.46. The second-order valence-electron chi connectivity index (χ2n) is 4.41. The Morgan fingerprint density at radius 3 is 2.55 bits per heavy atom. The Morgan fingerprint density at radius 1 is 1.00 bits per heavy atom. The molecule has 3 rings (SSSR count). The zero-order chi connectivity index (χ0) is 15.7. The number of hydrogen-bond donors (Lipinski definition) is 1. The molecule has 1 aromatic carbocycles. The third kappa shape index (κ3) is 2.94. The first kappa shape index (κ1) is 14.5. The highest BCUT2D eigenvalue weighted by Crippen LogP contribution is 2.34. The van der Waals surface area contributed by atoms with Crippen molar-refractivity contribution in [2.45, 2.75) is 6.18 Å². The quantitative estimate of drug-likeness (QED) is 0.708. The smallest absolute Gasteiger partial charge is 0.324 e. The third-order valence-corrected chi connectivity index (χ3v) is 3.09. The van der Waals surface area contributed by atoms with Crippen molar-refractivity contribution in [1.29, 1.82) is 0 Å². The van der Waals surface area contributed by atoms with Crippen molar-refractivity contribution in [3.8, 4) is 0 Å². The highest BCUT2D eigenvalue weighted by Gasteiger charge is 2.35. The first-order valence-corrected chi connectivity index (χ1v) is 6.54. The van der Waals surface area contributed by atoms with Crippen LogP contribution in [-0.2, 0) is 6.18 Å². The molecule has 0 unspecified atom stereocenters. The van der Waals surface area contributed by atoms with E-state index < -0.39 is 17.6 Å². The van der Waals surface area contributed by atoms with E-state index in [-0.39, 0.29) is 11.1 Å². The summed E-state index contributed by atoms with van der Waals surface area (Å²) in [6.07, 6.45) is -3.96. The summed E-state index contributed by atoms with van der Waals surface area (Å²) >= 11 is 5.58. The third-order valence-electron chi connectivity index (χ3n) is 2.91. The summed E-state index contributed by atoms with van der Waals surface area (Å²) in [5, 5.41) is 3.14. The average molecular weight is 325 g/mol. The van der Waals surface area contributed by atoms with Gasteiger partial charge in [0.25, 0.3) is 0 Å². The van der Waals surface area contributed by atoms with Crippen molar-refractivity contribution in [2.75, 3.05) is 5.32 Å². The van der Waals surface area contributed by atoms with Crippen LogP contribution in [0.2, 0.25) is 5.28 Å². The molecule has 0 amide bonds. The minimum absolute atomic E-state index is 0.235. The van der Waals surface area contributed by atoms with Crippen LogP contribution in [-0.4, -0.2) is 15.0 Å². The van der Waals surface area contributed by atoms with Crippen molar-refractivity contribution in [1.82, 2.24) is 15.0 Å². The van der Waals surface area contributed by atoms with Crippen LogP contribution in [0.15, 0.2) is 42.6 Å². The monoisotopic (exact) mass is 324 g/mol. The molecule has 2 aromatic heterocycles. The Bertz CT molecular complexity index is 836. The lowest BCUT2D eigenvalue weighted by atomic mass is 10.2. The summed E-state index contributed by atoms with van der Waals surface area (Å²) in [6, 6.07) is 10.6. The van der Waals surface area contributed by atoms with Crippen molar-refractivity contribution in [2.24, 2.45) is 0 Å². The van der Waals surface area contributed by atoms with Crippen molar-refractivity contribution in [3.05, 3.63) is 53.4 Å². The van der Waals surface area contributed by atoms with Gasteiger partial charge in [0.1, 0.15) is 17.2 Å². The van der Waals surface area contributed by atoms with Crippen LogP contribution >= 0.6 is 11.6 Å². The minimum Gasteiger partial charge on any atom is -0.324 e. The highest BCUT2D eigenvalue weighted by molar-refractivity contribution is 6.28. The van der Waals surface area contributed by atoms with E-state index in [2.05, 4.69) is 20.3 Å². The maximum atomic E-state index is 13.0. The number of alkyl halides is 3. The lowest BCUT2D eigenvalue weighted by molar-refractivity contribution is -0.137. The Hall–Kier alpha value is -2.41. The van der Waals surface area contributed by atoms with Gasteiger partial charge in [-0.1, -0.05) is 18.2 Å². The molecule has 3 aromatic rings. The number of rotatable bonds is 2. The lowest BCUT2D eigenvalue weighted by Crippen LogP contribution is -2.11. The Morgan fingerprint density at radius 2 is 1.77 bits per heavy atom. The predicted molar refractivity (Wildman–Crippen MR) is 77.1 cm³/mol. The SMILES string of the molecule is FC(F)(F)c1cnc(Cl)nc1Nc1ccc2ccccc2n1. The minimum atomic E-state index is -4.59. The van der Waals surface area contributed by atoms with Gasteiger partial charge >= 0.3 is 6.18 Å². The summed E-state index contributed by atoms with van der Waals surface area (Å²) in [5.41, 5.74) is -0.354. The molecule has 22 heavy (non-hydrogen) atoms. The molecular formula is C14H8ClF3N4. The van der Waals surface area contributed by atoms with Gasteiger partial charge in [0, 0.05) is 11.6 Å². The number of fused-ring (bicyclic) bond motifs is 1. The Balaban J connectivity index is 2.02. The summed E-state index contributed by atoms with van der Waals surface area (Å²) in [6.45, 7) is 0. The molecule has 0 aliphatic rings. The predicted octanol–water partition coefficient (Wildman–Crippen LogP) is 4.44. The molecule has 112 valence electrons. The molecule has 0 fully saturated rings. The van der Waals surface area contributed by atoms with Gasteiger partial charge in [0.15, 0.2) is 0 Å². The van der Waals surface area contributed by atoms with Gasteiger partial charge in [0.2, 0.25) is 5.28 Å². The van der Waals surface area contributed by atoms with E-state index in [9.17, 15) is 13.2 Å². The van der Waals surface area contributed by atoms with E-state index in [1.165, 1.54) is 0 Å². The molecule has 0 aliphatic heterocycles. The van der Waals surface area contributed by atoms with Gasteiger partial charge in [-0.2, -0.15) is 18.2 Å². The summed E-state index contributed by atoms with van der Waals surface area (Å²) < 4.78 is 38.9. The normalized spacial score (nSPS) is 11.6. The van der Waals surface area contributed by atoms with Crippen LogP contribution in [0.4, 0.5) is 24.8 Å². The molecule has 4 nitrogen and oxygen atoms in total. The zero-order valence-electron chi connectivity index (χ0n) is 10.9. The molecule has 0 saturated carbocycles. The second kappa shape index (κ2) is 5.42. The number of anilines is 2. The van der Waals surface area contributed by atoms with Gasteiger partial charge in [0.05, 0.1) is 5.52 Å². The number of benzene rings is 1. The van der Waals surface area contributed by atoms with Gasteiger partial charge < -0.3 is 5.32 Å². The molecular weight excluding hydrogens is 317 g/mol. The van der Waals surface area contributed by atoms with Gasteiger partial charge in [-0.25, -0.2) is 9.97 Å². The topological polar surface area (TPSA) is 50.7 Å². The van der Waals surface area contributed by atoms with Gasteiger partial charge in [-0.15, -0.1) is 0 Å². The Labute approximate surface area is 128 Å². The maximum absolute atomic E-state index is 13.0. The largest absolute Gasteiger partial charge is 0.421 e. The fourth-order valence-corrected chi connectivity index (χ4v) is 2.05. The van der Waals surface area contributed by atoms with E-state index in [0.29, 0.717) is 11.7 Å². The number of hydrogen-bond acceptors (Lipinski definition) is 4. The lowest BCUT2D eigenvalue weighted by Gasteiger charge is -2.13. The standard InChI is InChI=1S/C14H8ClF3N4/c15-13-19-7-9(14(16,17)18)12(22-13)21-11-6-5-8-3-1-2-4-10(8)20-11/h1-7H,(H,19,20,21,22). The van der Waals surface area contributed by atoms with Crippen LogP contribution in [0, 0.1) is 0 Å². The van der Waals surface area contributed by atoms with Crippen molar-refractivity contribution >= 4 is 34.1 Å². The molecule has 0 saturated heterocycles. The summed E-state index contributed by atoms with van der Waals surface area (Å²) in [5.74, 6) is -0.200. The van der Waals surface area contributed by atoms with Crippen LogP contribution in [0.3, 0.4) is 0 Å². The second-order valence-corrected chi connectivity index (χ2v) is 4.75. The van der Waals surface area contributed by atoms with E-state index in [0.717, 1.165) is 5.39 Å². The molecule has 1 N–H and O–H groups in total. The number of nitrogens with one attached hydrogen (secondary N) is 1. The first-order chi connectivity index (χ1) is 10.4. The van der Waals surface area contributed by atoms with Gasteiger partial charge in [-0.3, -0.25) is 0 Å². The number of para-hydroxylation sites is 1. The Kier molecular flexibility index (Phi) is 3.58. The highest BCUT2D eigenvalue weighted by atomic mass is 35.5. The number of pyridine rings is 1. The van der Waals surface area contributed by atoms with Crippen LogP contribution in [0.5, 0.6) is 0 Å². The molecule has 0 radical (unpaired) electrons. The van der Waals surface area contributed by atoms with E-state index in [1.54, 1.807) is 24.3 Å².